The van der Waals surface area contributed by atoms with Crippen molar-refractivity contribution in [3.05, 3.63) is 0 Å². The molecule has 1 saturated heterocycles. The van der Waals surface area contributed by atoms with E-state index in [1.54, 1.807) is 14.1 Å². The van der Waals surface area contributed by atoms with E-state index in [-0.39, 0.29) is 11.8 Å². The van der Waals surface area contributed by atoms with Crippen LogP contribution in [0.4, 0.5) is 0 Å². The Morgan fingerprint density at radius 2 is 1.00 bits per heavy atom. The van der Waals surface area contributed by atoms with Crippen LogP contribution in [0, 0.1) is 0 Å². The summed E-state index contributed by atoms with van der Waals surface area (Å²) in [5.41, 5.74) is 0. The Kier molecular flexibility index (Phi) is 12.2. The number of carbonyl (C=O) groups excluding carboxylic acids is 2. The molecular weight excluding hydrogens is 328 g/mol. The molecule has 1 heterocycles. The van der Waals surface area contributed by atoms with Crippen molar-refractivity contribution >= 4 is 11.8 Å². The van der Waals surface area contributed by atoms with Crippen LogP contribution in [-0.4, -0.2) is 115 Å². The van der Waals surface area contributed by atoms with Crippen LogP contribution in [0.1, 0.15) is 0 Å². The first-order valence-electron chi connectivity index (χ1n) is 8.74. The molecule has 2 N–H and O–H groups in total. The molecule has 0 atom stereocenters. The number of likely N-dealkylation sites (N-methyl/N-ethyl adjacent to an activating group) is 2. The van der Waals surface area contributed by atoms with Gasteiger partial charge in [-0.1, -0.05) is 0 Å². The Bertz CT molecular complexity index is 350. The summed E-state index contributed by atoms with van der Waals surface area (Å²) >= 11 is 0. The van der Waals surface area contributed by atoms with Gasteiger partial charge in [-0.05, 0) is 0 Å². The molecule has 0 unspecified atom stereocenters. The molecule has 0 bridgehead atoms. The highest BCUT2D eigenvalue weighted by molar-refractivity contribution is 5.77. The molecule has 9 heteroatoms. The predicted octanol–water partition coefficient (Wildman–Crippen LogP) is -1.85. The Morgan fingerprint density at radius 3 is 1.32 bits per heavy atom. The summed E-state index contributed by atoms with van der Waals surface area (Å²) < 4.78 is 16.8. The summed E-state index contributed by atoms with van der Waals surface area (Å²) in [6.45, 7) is 6.46. The van der Waals surface area contributed by atoms with Crippen LogP contribution < -0.4 is 10.6 Å². The Morgan fingerprint density at radius 1 is 0.680 bits per heavy atom. The van der Waals surface area contributed by atoms with Crippen LogP contribution >= 0.6 is 0 Å². The number of nitrogens with zero attached hydrogens (tertiary/aromatic N) is 2. The number of carbonyl (C=O) groups is 2. The fourth-order valence-electron chi connectivity index (χ4n) is 2.30. The summed E-state index contributed by atoms with van der Waals surface area (Å²) in [4.78, 5) is 27.2. The Balaban J connectivity index is 2.46. The molecule has 1 aliphatic heterocycles. The maximum atomic E-state index is 11.6. The van der Waals surface area contributed by atoms with Crippen molar-refractivity contribution in [1.29, 1.82) is 0 Å². The minimum absolute atomic E-state index is 0.0296. The van der Waals surface area contributed by atoms with Crippen molar-refractivity contribution < 1.29 is 23.8 Å². The van der Waals surface area contributed by atoms with Crippen molar-refractivity contribution in [1.82, 2.24) is 20.4 Å². The highest BCUT2D eigenvalue weighted by atomic mass is 16.5. The fraction of sp³-hybridized carbons (Fsp3) is 0.875. The summed E-state index contributed by atoms with van der Waals surface area (Å²) in [6, 6.07) is 0. The molecule has 0 aromatic carbocycles. The largest absolute Gasteiger partial charge is 0.379 e. The number of hydrogen-bond acceptors (Lipinski definition) is 7. The van der Waals surface area contributed by atoms with E-state index in [4.69, 9.17) is 14.2 Å². The van der Waals surface area contributed by atoms with Crippen molar-refractivity contribution in [2.45, 2.75) is 0 Å². The third-order valence-corrected chi connectivity index (χ3v) is 3.87. The first-order valence-corrected chi connectivity index (χ1v) is 8.74. The molecule has 9 nitrogen and oxygen atoms in total. The molecule has 2 amide bonds. The quantitative estimate of drug-likeness (QED) is 0.608. The minimum Gasteiger partial charge on any atom is -0.379 e. The van der Waals surface area contributed by atoms with E-state index in [1.165, 1.54) is 0 Å². The summed E-state index contributed by atoms with van der Waals surface area (Å²) in [5, 5.41) is 5.26. The molecule has 0 aromatic rings. The maximum absolute atomic E-state index is 11.6. The van der Waals surface area contributed by atoms with Gasteiger partial charge in [0.1, 0.15) is 0 Å². The van der Waals surface area contributed by atoms with Gasteiger partial charge in [-0.15, -0.1) is 0 Å². The van der Waals surface area contributed by atoms with Crippen molar-refractivity contribution in [3.63, 3.8) is 0 Å². The normalized spacial score (nSPS) is 20.2. The second kappa shape index (κ2) is 14.0. The smallest absolute Gasteiger partial charge is 0.233 e. The summed E-state index contributed by atoms with van der Waals surface area (Å²) in [7, 11) is 3.25. The zero-order valence-electron chi connectivity index (χ0n) is 15.4. The fourth-order valence-corrected chi connectivity index (χ4v) is 2.30. The van der Waals surface area contributed by atoms with Crippen LogP contribution in [0.3, 0.4) is 0 Å². The van der Waals surface area contributed by atoms with E-state index in [0.717, 1.165) is 0 Å². The molecule has 0 aliphatic carbocycles. The van der Waals surface area contributed by atoms with Crippen LogP contribution in [0.2, 0.25) is 0 Å². The number of hydrogen-bond donors (Lipinski definition) is 2. The van der Waals surface area contributed by atoms with Gasteiger partial charge in [0.05, 0.1) is 52.7 Å². The summed E-state index contributed by atoms with van der Waals surface area (Å²) in [5.74, 6) is -0.0593. The van der Waals surface area contributed by atoms with Crippen LogP contribution in [0.5, 0.6) is 0 Å². The van der Waals surface area contributed by atoms with E-state index in [2.05, 4.69) is 10.6 Å². The van der Waals surface area contributed by atoms with E-state index >= 15 is 0 Å². The van der Waals surface area contributed by atoms with Crippen LogP contribution in [-0.2, 0) is 23.8 Å². The molecule has 0 saturated carbocycles. The monoisotopic (exact) mass is 360 g/mol. The van der Waals surface area contributed by atoms with E-state index < -0.39 is 0 Å². The Hall–Kier alpha value is -1.26. The molecule has 146 valence electrons. The second-order valence-electron chi connectivity index (χ2n) is 5.74. The topological polar surface area (TPSA) is 92.4 Å². The highest BCUT2D eigenvalue weighted by Crippen LogP contribution is 1.94. The first kappa shape index (κ1) is 21.8. The van der Waals surface area contributed by atoms with Crippen molar-refractivity contribution in [2.24, 2.45) is 0 Å². The number of amides is 2. The van der Waals surface area contributed by atoms with E-state index in [0.29, 0.717) is 78.9 Å². The number of ether oxygens (including phenoxy) is 3. The molecule has 0 radical (unpaired) electrons. The minimum atomic E-state index is -0.0296. The van der Waals surface area contributed by atoms with Crippen LogP contribution in [0.15, 0.2) is 0 Å². The highest BCUT2D eigenvalue weighted by Gasteiger charge is 2.12. The van der Waals surface area contributed by atoms with E-state index in [1.807, 2.05) is 9.80 Å². The van der Waals surface area contributed by atoms with Crippen molar-refractivity contribution in [3.8, 4) is 0 Å². The molecule has 25 heavy (non-hydrogen) atoms. The average molecular weight is 360 g/mol. The van der Waals surface area contributed by atoms with E-state index in [9.17, 15) is 9.59 Å². The Labute approximate surface area is 149 Å². The zero-order chi connectivity index (χ0) is 18.3. The standard InChI is InChI=1S/C16H32N4O5/c1-17-15(21)13-19-3-7-23-8-4-20(14-16(22)18-2)6-10-25-12-11-24-9-5-19/h3-14H2,1-2H3,(H,17,21)(H,18,22). The molecule has 1 rings (SSSR count). The van der Waals surface area contributed by atoms with Gasteiger partial charge in [0.2, 0.25) is 11.8 Å². The van der Waals surface area contributed by atoms with Gasteiger partial charge >= 0.3 is 0 Å². The number of rotatable bonds is 4. The second-order valence-corrected chi connectivity index (χ2v) is 5.74. The number of nitrogens with one attached hydrogen (secondary N) is 2. The lowest BCUT2D eigenvalue weighted by molar-refractivity contribution is -0.122. The third-order valence-electron chi connectivity index (χ3n) is 3.87. The lowest BCUT2D eigenvalue weighted by Crippen LogP contribution is -2.40. The molecule has 1 fully saturated rings. The molecular formula is C16H32N4O5. The average Bonchev–Trinajstić information content (AvgIpc) is 2.62. The van der Waals surface area contributed by atoms with Crippen molar-refractivity contribution in [2.75, 3.05) is 93.0 Å². The van der Waals surface area contributed by atoms with Gasteiger partial charge < -0.3 is 24.8 Å². The van der Waals surface area contributed by atoms with Gasteiger partial charge in [0.15, 0.2) is 0 Å². The zero-order valence-corrected chi connectivity index (χ0v) is 15.4. The van der Waals surface area contributed by atoms with Gasteiger partial charge in [0.25, 0.3) is 0 Å². The molecule has 1 aliphatic rings. The van der Waals surface area contributed by atoms with Gasteiger partial charge in [0, 0.05) is 40.3 Å². The predicted molar refractivity (Wildman–Crippen MR) is 93.5 cm³/mol. The lowest BCUT2D eigenvalue weighted by atomic mass is 10.4. The van der Waals surface area contributed by atoms with Gasteiger partial charge in [-0.3, -0.25) is 19.4 Å². The molecule has 0 aromatic heterocycles. The van der Waals surface area contributed by atoms with Crippen LogP contribution in [0.25, 0.3) is 0 Å². The SMILES string of the molecule is CNC(=O)CN1CCOCCOCCN(CC(=O)NC)CCOCC1. The van der Waals surface area contributed by atoms with Gasteiger partial charge in [-0.25, -0.2) is 0 Å². The van der Waals surface area contributed by atoms with Gasteiger partial charge in [-0.2, -0.15) is 0 Å². The lowest BCUT2D eigenvalue weighted by Gasteiger charge is -2.22. The maximum Gasteiger partial charge on any atom is 0.233 e. The third kappa shape index (κ3) is 11.1. The summed E-state index contributed by atoms with van der Waals surface area (Å²) in [6.07, 6.45) is 0. The first-order chi connectivity index (χ1) is 12.2. The molecule has 0 spiro atoms.